The quantitative estimate of drug-likeness (QED) is 0.840. The van der Waals surface area contributed by atoms with E-state index in [1.54, 1.807) is 0 Å². The predicted octanol–water partition coefficient (Wildman–Crippen LogP) is 3.20. The van der Waals surface area contributed by atoms with E-state index in [0.717, 1.165) is 11.3 Å². The Balaban J connectivity index is 2.73. The molecule has 0 saturated heterocycles. The van der Waals surface area contributed by atoms with E-state index in [0.29, 0.717) is 0 Å². The number of aromatic nitrogens is 1. The number of aliphatic hydroxyl groups excluding tert-OH is 1. The summed E-state index contributed by atoms with van der Waals surface area (Å²) in [5.41, 5.74) is 7.06. The maximum atomic E-state index is 9.33. The van der Waals surface area contributed by atoms with Crippen LogP contribution < -0.4 is 0 Å². The van der Waals surface area contributed by atoms with Gasteiger partial charge in [0.25, 0.3) is 0 Å². The highest BCUT2D eigenvalue weighted by molar-refractivity contribution is 5.51. The number of benzene rings is 1. The summed E-state index contributed by atoms with van der Waals surface area (Å²) in [6.07, 6.45) is 0. The van der Waals surface area contributed by atoms with E-state index < -0.39 is 0 Å². The summed E-state index contributed by atoms with van der Waals surface area (Å²) in [5, 5.41) is 9.33. The van der Waals surface area contributed by atoms with Crippen molar-refractivity contribution in [3.05, 3.63) is 52.3 Å². The third kappa shape index (κ3) is 1.89. The molecule has 2 nitrogen and oxygen atoms in total. The highest BCUT2D eigenvalue weighted by atomic mass is 16.3. The second kappa shape index (κ2) is 4.38. The van der Waals surface area contributed by atoms with Crippen LogP contribution in [0.2, 0.25) is 0 Å². The number of rotatable bonds is 2. The van der Waals surface area contributed by atoms with Crippen LogP contribution in [-0.2, 0) is 6.61 Å². The molecule has 2 rings (SSSR count). The molecule has 0 fully saturated rings. The fourth-order valence-corrected chi connectivity index (χ4v) is 2.49. The van der Waals surface area contributed by atoms with Crippen LogP contribution in [0.1, 0.15) is 28.1 Å². The van der Waals surface area contributed by atoms with Crippen molar-refractivity contribution in [1.82, 2.24) is 4.57 Å². The minimum Gasteiger partial charge on any atom is -0.392 e. The largest absolute Gasteiger partial charge is 0.392 e. The van der Waals surface area contributed by atoms with Gasteiger partial charge in [-0.2, -0.15) is 0 Å². The Morgan fingerprint density at radius 1 is 1.06 bits per heavy atom. The summed E-state index contributed by atoms with van der Waals surface area (Å²) in [6.45, 7) is 8.49. The van der Waals surface area contributed by atoms with Crippen molar-refractivity contribution in [2.75, 3.05) is 0 Å². The van der Waals surface area contributed by atoms with Gasteiger partial charge in [0.15, 0.2) is 0 Å². The molecule has 0 aliphatic carbocycles. The lowest BCUT2D eigenvalue weighted by atomic mass is 10.1. The summed E-state index contributed by atoms with van der Waals surface area (Å²) in [5.74, 6) is 0. The van der Waals surface area contributed by atoms with Crippen LogP contribution in [0.3, 0.4) is 0 Å². The first kappa shape index (κ1) is 11.9. The SMILES string of the molecule is Cc1cccc(C)c1-n1c(C)cc(CO)c1C. The van der Waals surface area contributed by atoms with Crippen molar-refractivity contribution in [1.29, 1.82) is 0 Å². The van der Waals surface area contributed by atoms with E-state index in [4.69, 9.17) is 0 Å². The number of para-hydroxylation sites is 1. The average Bonchev–Trinajstić information content (AvgIpc) is 2.56. The molecule has 1 aromatic heterocycles. The summed E-state index contributed by atoms with van der Waals surface area (Å²) >= 11 is 0. The zero-order valence-electron chi connectivity index (χ0n) is 10.9. The van der Waals surface area contributed by atoms with Crippen LogP contribution in [0.15, 0.2) is 24.3 Å². The zero-order chi connectivity index (χ0) is 12.6. The molecule has 0 aliphatic rings. The zero-order valence-corrected chi connectivity index (χ0v) is 10.9. The molecule has 0 aliphatic heterocycles. The summed E-state index contributed by atoms with van der Waals surface area (Å²) in [7, 11) is 0. The van der Waals surface area contributed by atoms with Crippen molar-refractivity contribution in [3.63, 3.8) is 0 Å². The fraction of sp³-hybridized carbons (Fsp3) is 0.333. The average molecular weight is 229 g/mol. The highest BCUT2D eigenvalue weighted by Crippen LogP contribution is 2.25. The van der Waals surface area contributed by atoms with E-state index in [1.165, 1.54) is 22.5 Å². The van der Waals surface area contributed by atoms with Gasteiger partial charge in [-0.15, -0.1) is 0 Å². The third-order valence-corrected chi connectivity index (χ3v) is 3.37. The fourth-order valence-electron chi connectivity index (χ4n) is 2.49. The van der Waals surface area contributed by atoms with Crippen LogP contribution in [0.5, 0.6) is 0 Å². The van der Waals surface area contributed by atoms with Gasteiger partial charge in [0.1, 0.15) is 0 Å². The van der Waals surface area contributed by atoms with Crippen LogP contribution >= 0.6 is 0 Å². The van der Waals surface area contributed by atoms with E-state index >= 15 is 0 Å². The summed E-state index contributed by atoms with van der Waals surface area (Å²) in [4.78, 5) is 0. The number of aliphatic hydroxyl groups is 1. The molecule has 1 N–H and O–H groups in total. The standard InChI is InChI=1S/C15H19NO/c1-10-6-5-7-11(2)15(10)16-12(3)8-14(9-17)13(16)4/h5-8,17H,9H2,1-4H3. The molecule has 0 bridgehead atoms. The Hall–Kier alpha value is -1.54. The van der Waals surface area contributed by atoms with Crippen LogP contribution in [-0.4, -0.2) is 9.67 Å². The molecule has 0 spiro atoms. The van der Waals surface area contributed by atoms with Gasteiger partial charge in [0.05, 0.1) is 12.3 Å². The molecule has 1 aromatic carbocycles. The monoisotopic (exact) mass is 229 g/mol. The van der Waals surface area contributed by atoms with E-state index in [-0.39, 0.29) is 6.61 Å². The third-order valence-electron chi connectivity index (χ3n) is 3.37. The molecule has 0 saturated carbocycles. The van der Waals surface area contributed by atoms with Gasteiger partial charge >= 0.3 is 0 Å². The van der Waals surface area contributed by atoms with Gasteiger partial charge in [-0.3, -0.25) is 0 Å². The molecule has 0 atom stereocenters. The number of nitrogens with zero attached hydrogens (tertiary/aromatic N) is 1. The Bertz CT molecular complexity index is 532. The van der Waals surface area contributed by atoms with Crippen LogP contribution in [0.4, 0.5) is 0 Å². The van der Waals surface area contributed by atoms with Gasteiger partial charge in [0, 0.05) is 11.4 Å². The van der Waals surface area contributed by atoms with E-state index in [1.807, 2.05) is 0 Å². The molecule has 2 aromatic rings. The highest BCUT2D eigenvalue weighted by Gasteiger charge is 2.13. The minimum atomic E-state index is 0.102. The molecular weight excluding hydrogens is 210 g/mol. The van der Waals surface area contributed by atoms with Crippen molar-refractivity contribution in [3.8, 4) is 5.69 Å². The first-order valence-corrected chi connectivity index (χ1v) is 5.91. The second-order valence-corrected chi connectivity index (χ2v) is 4.63. The molecule has 0 radical (unpaired) electrons. The van der Waals surface area contributed by atoms with Crippen LogP contribution in [0, 0.1) is 27.7 Å². The summed E-state index contributed by atoms with van der Waals surface area (Å²) < 4.78 is 2.23. The van der Waals surface area contributed by atoms with Gasteiger partial charge in [-0.1, -0.05) is 18.2 Å². The van der Waals surface area contributed by atoms with Crippen molar-refractivity contribution >= 4 is 0 Å². The Kier molecular flexibility index (Phi) is 3.07. The van der Waals surface area contributed by atoms with E-state index in [9.17, 15) is 5.11 Å². The summed E-state index contributed by atoms with van der Waals surface area (Å²) in [6, 6.07) is 8.39. The normalized spacial score (nSPS) is 10.9. The maximum absolute atomic E-state index is 9.33. The Morgan fingerprint density at radius 3 is 2.12 bits per heavy atom. The smallest absolute Gasteiger partial charge is 0.0699 e. The minimum absolute atomic E-state index is 0.102. The molecule has 2 heteroatoms. The molecule has 17 heavy (non-hydrogen) atoms. The first-order valence-electron chi connectivity index (χ1n) is 5.91. The molecule has 1 heterocycles. The number of hydrogen-bond donors (Lipinski definition) is 1. The Labute approximate surface area is 103 Å². The van der Waals surface area contributed by atoms with Crippen molar-refractivity contribution in [2.45, 2.75) is 34.3 Å². The number of hydrogen-bond acceptors (Lipinski definition) is 1. The lowest BCUT2D eigenvalue weighted by Crippen LogP contribution is -2.04. The topological polar surface area (TPSA) is 25.2 Å². The van der Waals surface area contributed by atoms with Crippen molar-refractivity contribution in [2.24, 2.45) is 0 Å². The first-order chi connectivity index (χ1) is 8.06. The lowest BCUT2D eigenvalue weighted by molar-refractivity contribution is 0.281. The molecule has 0 amide bonds. The maximum Gasteiger partial charge on any atom is 0.0699 e. The molecule has 0 unspecified atom stereocenters. The number of aryl methyl sites for hydroxylation is 3. The van der Waals surface area contributed by atoms with Gasteiger partial charge < -0.3 is 9.67 Å². The van der Waals surface area contributed by atoms with Crippen LogP contribution in [0.25, 0.3) is 5.69 Å². The second-order valence-electron chi connectivity index (χ2n) is 4.63. The lowest BCUT2D eigenvalue weighted by Gasteiger charge is -2.15. The molecule has 90 valence electrons. The van der Waals surface area contributed by atoms with E-state index in [2.05, 4.69) is 56.5 Å². The van der Waals surface area contributed by atoms with Crippen molar-refractivity contribution < 1.29 is 5.11 Å². The predicted molar refractivity (Wildman–Crippen MR) is 70.6 cm³/mol. The Morgan fingerprint density at radius 2 is 1.65 bits per heavy atom. The van der Waals surface area contributed by atoms with Gasteiger partial charge in [-0.05, 0) is 50.5 Å². The van der Waals surface area contributed by atoms with Gasteiger partial charge in [-0.25, -0.2) is 0 Å². The molecular formula is C15H19NO. The van der Waals surface area contributed by atoms with Gasteiger partial charge in [0.2, 0.25) is 0 Å².